The molecular formula is C20H21F3N2O6S2. The molecule has 0 aliphatic carbocycles. The van der Waals surface area contributed by atoms with Crippen molar-refractivity contribution >= 4 is 31.3 Å². The van der Waals surface area contributed by atoms with Crippen molar-refractivity contribution in [2.24, 2.45) is 11.7 Å². The number of ether oxygens (including phenoxy) is 1. The van der Waals surface area contributed by atoms with Gasteiger partial charge in [-0.15, -0.1) is 0 Å². The normalized spacial score (nSPS) is 15.8. The molecule has 1 saturated heterocycles. The SMILES string of the molecule is NC(=O)c1ccccc1S(=O)(=O)c1ccc(NCC2CCOCC2)c(S(=O)(=O)C(F)(F)F)c1. The minimum atomic E-state index is -5.89. The number of carbonyl (C=O) groups excluding carboxylic acids is 1. The highest BCUT2D eigenvalue weighted by Gasteiger charge is 2.48. The lowest BCUT2D eigenvalue weighted by molar-refractivity contribution is -0.0435. The molecule has 1 amide bonds. The first kappa shape index (κ1) is 25.0. The molecule has 13 heteroatoms. The molecule has 1 aliphatic heterocycles. The third-order valence-electron chi connectivity index (χ3n) is 5.22. The number of sulfone groups is 2. The summed E-state index contributed by atoms with van der Waals surface area (Å²) in [5.41, 5.74) is -1.19. The van der Waals surface area contributed by atoms with Gasteiger partial charge in [-0.05, 0) is 49.1 Å². The maximum atomic E-state index is 13.4. The third kappa shape index (κ3) is 5.14. The van der Waals surface area contributed by atoms with Crippen LogP contribution in [0.25, 0.3) is 0 Å². The van der Waals surface area contributed by atoms with Gasteiger partial charge >= 0.3 is 5.51 Å². The third-order valence-corrected chi connectivity index (χ3v) is 8.56. The van der Waals surface area contributed by atoms with E-state index in [1.165, 1.54) is 12.1 Å². The standard InChI is InChI=1S/C20H21F3N2O6S2/c21-20(22,23)33(29,30)18-11-14(5-6-16(18)25-12-13-7-9-31-10-8-13)32(27,28)17-4-2-1-3-15(17)19(24)26/h1-6,11,13,25H,7-10,12H2,(H2,24,26). The minimum Gasteiger partial charge on any atom is -0.384 e. The van der Waals surface area contributed by atoms with Crippen molar-refractivity contribution in [1.29, 1.82) is 0 Å². The van der Waals surface area contributed by atoms with Crippen LogP contribution in [0.5, 0.6) is 0 Å². The summed E-state index contributed by atoms with van der Waals surface area (Å²) >= 11 is 0. The second-order valence-electron chi connectivity index (χ2n) is 7.41. The van der Waals surface area contributed by atoms with Gasteiger partial charge in [0.25, 0.3) is 9.84 Å². The topological polar surface area (TPSA) is 133 Å². The molecule has 3 rings (SSSR count). The van der Waals surface area contributed by atoms with E-state index >= 15 is 0 Å². The fourth-order valence-corrected chi connectivity index (χ4v) is 5.92. The fourth-order valence-electron chi connectivity index (χ4n) is 3.40. The Morgan fingerprint density at radius 2 is 1.67 bits per heavy atom. The zero-order valence-corrected chi connectivity index (χ0v) is 18.8. The van der Waals surface area contributed by atoms with Crippen molar-refractivity contribution in [3.63, 3.8) is 0 Å². The first-order chi connectivity index (χ1) is 15.4. The smallest absolute Gasteiger partial charge is 0.384 e. The maximum absolute atomic E-state index is 13.4. The van der Waals surface area contributed by atoms with Gasteiger partial charge in [0.15, 0.2) is 0 Å². The van der Waals surface area contributed by atoms with E-state index in [0.717, 1.165) is 24.3 Å². The van der Waals surface area contributed by atoms with E-state index in [1.807, 2.05) is 0 Å². The van der Waals surface area contributed by atoms with Crippen molar-refractivity contribution in [3.8, 4) is 0 Å². The van der Waals surface area contributed by atoms with Gasteiger partial charge < -0.3 is 15.8 Å². The lowest BCUT2D eigenvalue weighted by atomic mass is 10.0. The molecule has 3 N–H and O–H groups in total. The van der Waals surface area contributed by atoms with Crippen LogP contribution >= 0.6 is 0 Å². The number of hydrogen-bond acceptors (Lipinski definition) is 7. The number of halogens is 3. The molecule has 0 radical (unpaired) electrons. The monoisotopic (exact) mass is 506 g/mol. The second-order valence-corrected chi connectivity index (χ2v) is 11.2. The van der Waals surface area contributed by atoms with Crippen molar-refractivity contribution < 1.29 is 39.5 Å². The molecule has 0 saturated carbocycles. The Balaban J connectivity index is 2.10. The van der Waals surface area contributed by atoms with Gasteiger partial charge in [-0.3, -0.25) is 4.79 Å². The zero-order chi connectivity index (χ0) is 24.4. The van der Waals surface area contributed by atoms with Crippen LogP contribution in [0.4, 0.5) is 18.9 Å². The molecule has 2 aromatic rings. The summed E-state index contributed by atoms with van der Waals surface area (Å²) in [7, 11) is -10.5. The second kappa shape index (κ2) is 9.31. The average molecular weight is 507 g/mol. The molecule has 1 heterocycles. The average Bonchev–Trinajstić information content (AvgIpc) is 2.77. The molecule has 1 aliphatic rings. The summed E-state index contributed by atoms with van der Waals surface area (Å²) in [6.45, 7) is 1.15. The van der Waals surface area contributed by atoms with Gasteiger partial charge in [-0.25, -0.2) is 16.8 Å². The highest BCUT2D eigenvalue weighted by Crippen LogP contribution is 2.37. The highest BCUT2D eigenvalue weighted by atomic mass is 32.2. The van der Waals surface area contributed by atoms with E-state index in [1.54, 1.807) is 0 Å². The molecular weight excluding hydrogens is 485 g/mol. The lowest BCUT2D eigenvalue weighted by Gasteiger charge is -2.23. The number of carbonyl (C=O) groups is 1. The molecule has 33 heavy (non-hydrogen) atoms. The lowest BCUT2D eigenvalue weighted by Crippen LogP contribution is -2.26. The summed E-state index contributed by atoms with van der Waals surface area (Å²) in [6.07, 6.45) is 1.29. The van der Waals surface area contributed by atoms with Crippen LogP contribution in [0.2, 0.25) is 0 Å². The predicted molar refractivity (Wildman–Crippen MR) is 112 cm³/mol. The molecule has 0 atom stereocenters. The number of nitrogens with two attached hydrogens (primary N) is 1. The summed E-state index contributed by atoms with van der Waals surface area (Å²) in [6, 6.07) is 7.27. The van der Waals surface area contributed by atoms with E-state index in [-0.39, 0.29) is 23.7 Å². The number of alkyl halides is 3. The van der Waals surface area contributed by atoms with Crippen molar-refractivity contribution in [3.05, 3.63) is 48.0 Å². The quantitative estimate of drug-likeness (QED) is 0.590. The molecule has 1 fully saturated rings. The first-order valence-corrected chi connectivity index (χ1v) is 12.7. The Bertz CT molecular complexity index is 1250. The van der Waals surface area contributed by atoms with Crippen LogP contribution in [0.1, 0.15) is 23.2 Å². The fraction of sp³-hybridized carbons (Fsp3) is 0.350. The number of primary amides is 1. The van der Waals surface area contributed by atoms with E-state index < -0.39 is 45.8 Å². The van der Waals surface area contributed by atoms with Gasteiger partial charge in [0.2, 0.25) is 15.7 Å². The number of amides is 1. The summed E-state index contributed by atoms with van der Waals surface area (Å²) in [5.74, 6) is -1.02. The Labute approximate surface area is 188 Å². The first-order valence-electron chi connectivity index (χ1n) is 9.76. The number of anilines is 1. The Kier molecular flexibility index (Phi) is 7.05. The molecule has 0 unspecified atom stereocenters. The molecule has 8 nitrogen and oxygen atoms in total. The van der Waals surface area contributed by atoms with Gasteiger partial charge in [0.05, 0.1) is 21.0 Å². The van der Waals surface area contributed by atoms with Gasteiger partial charge in [-0.1, -0.05) is 12.1 Å². The van der Waals surface area contributed by atoms with Gasteiger partial charge in [0, 0.05) is 19.8 Å². The van der Waals surface area contributed by atoms with Gasteiger partial charge in [-0.2, -0.15) is 13.2 Å². The van der Waals surface area contributed by atoms with Crippen LogP contribution in [0.15, 0.2) is 57.2 Å². The van der Waals surface area contributed by atoms with Crippen LogP contribution in [-0.4, -0.2) is 48.0 Å². The maximum Gasteiger partial charge on any atom is 0.501 e. The summed E-state index contributed by atoms with van der Waals surface area (Å²) < 4.78 is 96.0. The Hall–Kier alpha value is -2.64. The van der Waals surface area contributed by atoms with E-state index in [2.05, 4.69) is 5.32 Å². The van der Waals surface area contributed by atoms with Crippen molar-refractivity contribution in [2.45, 2.75) is 33.0 Å². The number of nitrogens with one attached hydrogen (secondary N) is 1. The molecule has 0 bridgehead atoms. The summed E-state index contributed by atoms with van der Waals surface area (Å²) in [5, 5.41) is 2.71. The molecule has 0 spiro atoms. The van der Waals surface area contributed by atoms with E-state index in [4.69, 9.17) is 10.5 Å². The van der Waals surface area contributed by atoms with Crippen molar-refractivity contribution in [1.82, 2.24) is 0 Å². The van der Waals surface area contributed by atoms with Crippen molar-refractivity contribution in [2.75, 3.05) is 25.1 Å². The van der Waals surface area contributed by atoms with Crippen LogP contribution in [0, 0.1) is 5.92 Å². The largest absolute Gasteiger partial charge is 0.501 e. The predicted octanol–water partition coefficient (Wildman–Crippen LogP) is 2.75. The van der Waals surface area contributed by atoms with Crippen LogP contribution < -0.4 is 11.1 Å². The highest BCUT2D eigenvalue weighted by molar-refractivity contribution is 7.93. The Morgan fingerprint density at radius 1 is 1.03 bits per heavy atom. The Morgan fingerprint density at radius 3 is 2.27 bits per heavy atom. The molecule has 2 aromatic carbocycles. The van der Waals surface area contributed by atoms with Crippen LogP contribution in [0.3, 0.4) is 0 Å². The summed E-state index contributed by atoms with van der Waals surface area (Å²) in [4.78, 5) is 9.15. The number of benzene rings is 2. The van der Waals surface area contributed by atoms with E-state index in [9.17, 15) is 34.8 Å². The van der Waals surface area contributed by atoms with E-state index in [0.29, 0.717) is 32.1 Å². The zero-order valence-electron chi connectivity index (χ0n) is 17.1. The molecule has 0 aromatic heterocycles. The minimum absolute atomic E-state index is 0.0473. The number of rotatable bonds is 7. The van der Waals surface area contributed by atoms with Gasteiger partial charge in [0.1, 0.15) is 4.90 Å². The molecule has 180 valence electrons. The van der Waals surface area contributed by atoms with Crippen LogP contribution in [-0.2, 0) is 24.4 Å². The number of hydrogen-bond donors (Lipinski definition) is 2.